The van der Waals surface area contributed by atoms with E-state index in [2.05, 4.69) is 75.9 Å². The second-order valence-electron chi connectivity index (χ2n) is 7.89. The van der Waals surface area contributed by atoms with E-state index in [1.165, 1.54) is 40.3 Å². The van der Waals surface area contributed by atoms with E-state index in [9.17, 15) is 4.39 Å². The van der Waals surface area contributed by atoms with Crippen molar-refractivity contribution in [2.24, 2.45) is 5.10 Å². The summed E-state index contributed by atoms with van der Waals surface area (Å²) in [6.07, 6.45) is 0. The summed E-state index contributed by atoms with van der Waals surface area (Å²) in [5.74, 6) is -0.0281. The minimum atomic E-state index is -0.249. The lowest BCUT2D eigenvalue weighted by Gasteiger charge is -2.20. The first-order valence-corrected chi connectivity index (χ1v) is 11.4. The highest BCUT2D eigenvalue weighted by Gasteiger charge is 2.30. The average molecular weight is 443 g/mol. The van der Waals surface area contributed by atoms with E-state index in [-0.39, 0.29) is 11.7 Å². The van der Waals surface area contributed by atoms with E-state index in [1.807, 2.05) is 11.4 Å². The fraction of sp³-hybridized carbons (Fsp3) is 0.154. The van der Waals surface area contributed by atoms with Crippen LogP contribution in [0.2, 0.25) is 0 Å². The number of thiazole rings is 1. The van der Waals surface area contributed by atoms with E-state index in [1.54, 1.807) is 12.1 Å². The number of aromatic nitrogens is 1. The molecule has 0 radical (unpaired) electrons. The van der Waals surface area contributed by atoms with Crippen LogP contribution in [0.3, 0.4) is 0 Å². The number of hydrazone groups is 1. The Bertz CT molecular complexity index is 1230. The van der Waals surface area contributed by atoms with Gasteiger partial charge in [-0.05, 0) is 48.4 Å². The molecule has 4 aromatic rings. The molecule has 6 heteroatoms. The summed E-state index contributed by atoms with van der Waals surface area (Å²) in [5.41, 5.74) is 9.71. The maximum Gasteiger partial charge on any atom is 0.203 e. The minimum Gasteiger partial charge on any atom is -0.366 e. The molecule has 0 fully saturated rings. The molecule has 1 aliphatic heterocycles. The van der Waals surface area contributed by atoms with Crippen LogP contribution < -0.4 is 10.3 Å². The van der Waals surface area contributed by atoms with Crippen LogP contribution in [0.15, 0.2) is 89.3 Å². The van der Waals surface area contributed by atoms with Crippen LogP contribution in [-0.2, 0) is 6.54 Å². The third kappa shape index (κ3) is 4.27. The summed E-state index contributed by atoms with van der Waals surface area (Å²) < 4.78 is 13.2. The summed E-state index contributed by atoms with van der Waals surface area (Å²) in [7, 11) is 0. The number of rotatable bonds is 6. The van der Waals surface area contributed by atoms with Crippen molar-refractivity contribution in [2.45, 2.75) is 19.4 Å². The summed E-state index contributed by atoms with van der Waals surface area (Å²) in [4.78, 5) is 7.01. The van der Waals surface area contributed by atoms with Crippen LogP contribution in [-0.4, -0.2) is 17.2 Å². The van der Waals surface area contributed by atoms with Crippen molar-refractivity contribution in [3.8, 4) is 11.3 Å². The van der Waals surface area contributed by atoms with Gasteiger partial charge >= 0.3 is 0 Å². The Morgan fingerprint density at radius 3 is 2.62 bits per heavy atom. The summed E-state index contributed by atoms with van der Waals surface area (Å²) in [6, 6.07) is 25.5. The Hall–Kier alpha value is -3.51. The van der Waals surface area contributed by atoms with Gasteiger partial charge in [0.15, 0.2) is 0 Å². The van der Waals surface area contributed by atoms with Gasteiger partial charge in [0.2, 0.25) is 5.13 Å². The fourth-order valence-electron chi connectivity index (χ4n) is 4.09. The highest BCUT2D eigenvalue weighted by molar-refractivity contribution is 7.14. The van der Waals surface area contributed by atoms with Gasteiger partial charge in [-0.2, -0.15) is 5.10 Å². The zero-order valence-corrected chi connectivity index (χ0v) is 18.5. The van der Waals surface area contributed by atoms with Crippen molar-refractivity contribution in [3.05, 3.63) is 101 Å². The van der Waals surface area contributed by atoms with Gasteiger partial charge in [0.25, 0.3) is 0 Å². The van der Waals surface area contributed by atoms with Crippen molar-refractivity contribution >= 4 is 27.9 Å². The van der Waals surface area contributed by atoms with Crippen LogP contribution in [0.5, 0.6) is 0 Å². The van der Waals surface area contributed by atoms with Crippen LogP contribution >= 0.6 is 11.3 Å². The summed E-state index contributed by atoms with van der Waals surface area (Å²) in [6.45, 7) is 3.83. The molecule has 1 N–H and O–H groups in total. The molecule has 0 saturated heterocycles. The number of nitrogens with one attached hydrogen (secondary N) is 1. The quantitative estimate of drug-likeness (QED) is 0.272. The van der Waals surface area contributed by atoms with E-state index in [4.69, 9.17) is 0 Å². The highest BCUT2D eigenvalue weighted by atomic mass is 32.1. The first-order chi connectivity index (χ1) is 15.7. The standard InChI is InChI=1S/C26H23FN4S/c1-18(29-30-26-28-24(17-32-26)20-11-13-21(27)14-12-20)23-16-31(15-19-7-3-2-4-8-19)25-10-6-5-9-22(23)25/h2-14,17,23H,15-16H2,1H3,(H,28,30)/b29-18+. The number of fused-ring (bicyclic) bond motifs is 1. The topological polar surface area (TPSA) is 40.5 Å². The molecule has 0 spiro atoms. The van der Waals surface area contributed by atoms with Gasteiger partial charge in [-0.15, -0.1) is 11.3 Å². The lowest BCUT2D eigenvalue weighted by atomic mass is 9.97. The van der Waals surface area contributed by atoms with Crippen molar-refractivity contribution in [1.82, 2.24) is 4.98 Å². The number of halogens is 1. The van der Waals surface area contributed by atoms with Crippen LogP contribution in [0.1, 0.15) is 24.0 Å². The molecule has 32 heavy (non-hydrogen) atoms. The van der Waals surface area contributed by atoms with Gasteiger partial charge < -0.3 is 4.90 Å². The van der Waals surface area contributed by atoms with Crippen molar-refractivity contribution in [1.29, 1.82) is 0 Å². The summed E-state index contributed by atoms with van der Waals surface area (Å²) in [5, 5.41) is 7.34. The number of benzene rings is 3. The van der Waals surface area contributed by atoms with Crippen LogP contribution in [0.4, 0.5) is 15.2 Å². The van der Waals surface area contributed by atoms with E-state index >= 15 is 0 Å². The van der Waals surface area contributed by atoms with E-state index in [0.717, 1.165) is 35.2 Å². The van der Waals surface area contributed by atoms with Crippen molar-refractivity contribution < 1.29 is 4.39 Å². The second-order valence-corrected chi connectivity index (χ2v) is 8.75. The fourth-order valence-corrected chi connectivity index (χ4v) is 4.75. The molecule has 1 unspecified atom stereocenters. The molecule has 160 valence electrons. The van der Waals surface area contributed by atoms with Gasteiger partial charge in [0.05, 0.1) is 5.69 Å². The Morgan fingerprint density at radius 2 is 1.81 bits per heavy atom. The predicted molar refractivity (Wildman–Crippen MR) is 131 cm³/mol. The van der Waals surface area contributed by atoms with Crippen molar-refractivity contribution in [3.63, 3.8) is 0 Å². The van der Waals surface area contributed by atoms with E-state index in [0.29, 0.717) is 0 Å². The van der Waals surface area contributed by atoms with Gasteiger partial charge in [0.1, 0.15) is 5.82 Å². The molecule has 0 aliphatic carbocycles. The Kier molecular flexibility index (Phi) is 5.69. The van der Waals surface area contributed by atoms with Gasteiger partial charge in [-0.25, -0.2) is 9.37 Å². The van der Waals surface area contributed by atoms with Crippen LogP contribution in [0, 0.1) is 5.82 Å². The largest absolute Gasteiger partial charge is 0.366 e. The number of nitrogens with zero attached hydrogens (tertiary/aromatic N) is 3. The van der Waals surface area contributed by atoms with Gasteiger partial charge in [0, 0.05) is 41.4 Å². The third-order valence-corrected chi connectivity index (χ3v) is 6.50. The lowest BCUT2D eigenvalue weighted by molar-refractivity contribution is 0.628. The second kappa shape index (κ2) is 8.93. The summed E-state index contributed by atoms with van der Waals surface area (Å²) >= 11 is 1.49. The maximum atomic E-state index is 13.2. The average Bonchev–Trinajstić information content (AvgIpc) is 3.44. The van der Waals surface area contributed by atoms with Gasteiger partial charge in [-0.3, -0.25) is 5.43 Å². The third-order valence-electron chi connectivity index (χ3n) is 5.75. The molecule has 2 heterocycles. The number of hydrogen-bond donors (Lipinski definition) is 1. The number of anilines is 2. The number of hydrogen-bond acceptors (Lipinski definition) is 5. The smallest absolute Gasteiger partial charge is 0.203 e. The molecule has 1 aromatic heterocycles. The van der Waals surface area contributed by atoms with Gasteiger partial charge in [-0.1, -0.05) is 48.5 Å². The molecule has 1 atom stereocenters. The molecule has 3 aromatic carbocycles. The Morgan fingerprint density at radius 1 is 1.06 bits per heavy atom. The Balaban J connectivity index is 1.32. The SMILES string of the molecule is C/C(=N\Nc1nc(-c2ccc(F)cc2)cs1)C1CN(Cc2ccccc2)c2ccccc21. The first kappa shape index (κ1) is 20.4. The highest BCUT2D eigenvalue weighted by Crippen LogP contribution is 2.38. The molecule has 5 rings (SSSR count). The normalized spacial score (nSPS) is 15.6. The lowest BCUT2D eigenvalue weighted by Crippen LogP contribution is -2.23. The zero-order chi connectivity index (χ0) is 21.9. The van der Waals surface area contributed by atoms with Crippen LogP contribution in [0.25, 0.3) is 11.3 Å². The Labute approximate surface area is 191 Å². The monoisotopic (exact) mass is 442 g/mol. The molecule has 0 bridgehead atoms. The molecular formula is C26H23FN4S. The molecule has 1 aliphatic rings. The van der Waals surface area contributed by atoms with E-state index < -0.39 is 0 Å². The minimum absolute atomic E-state index is 0.221. The van der Waals surface area contributed by atoms with Crippen molar-refractivity contribution in [2.75, 3.05) is 16.9 Å². The maximum absolute atomic E-state index is 13.2. The molecule has 4 nitrogen and oxygen atoms in total. The first-order valence-electron chi connectivity index (χ1n) is 10.6. The molecule has 0 saturated carbocycles. The number of para-hydroxylation sites is 1. The predicted octanol–water partition coefficient (Wildman–Crippen LogP) is 6.54. The molecule has 0 amide bonds. The molecular weight excluding hydrogens is 419 g/mol. The zero-order valence-electron chi connectivity index (χ0n) is 17.7.